The Hall–Kier alpha value is -2.77. The van der Waals surface area contributed by atoms with Crippen LogP contribution in [0.3, 0.4) is 0 Å². The fourth-order valence-corrected chi connectivity index (χ4v) is 4.90. The highest BCUT2D eigenvalue weighted by molar-refractivity contribution is 5.92. The molecule has 4 heterocycles. The summed E-state index contributed by atoms with van der Waals surface area (Å²) in [6, 6.07) is 0.232. The summed E-state index contributed by atoms with van der Waals surface area (Å²) in [5.41, 5.74) is 1.24. The van der Waals surface area contributed by atoms with Gasteiger partial charge in [0.2, 0.25) is 5.91 Å². The van der Waals surface area contributed by atoms with E-state index in [-0.39, 0.29) is 17.9 Å². The fourth-order valence-electron chi connectivity index (χ4n) is 4.90. The van der Waals surface area contributed by atoms with E-state index in [1.54, 1.807) is 18.6 Å². The number of carbonyl (C=O) groups excluding carboxylic acids is 2. The van der Waals surface area contributed by atoms with Gasteiger partial charge in [-0.15, -0.1) is 0 Å². The molecule has 0 spiro atoms. The second kappa shape index (κ2) is 9.58. The van der Waals surface area contributed by atoms with Gasteiger partial charge in [0.25, 0.3) is 5.91 Å². The van der Waals surface area contributed by atoms with E-state index in [0.29, 0.717) is 24.6 Å². The highest BCUT2D eigenvalue weighted by Crippen LogP contribution is 2.31. The quantitative estimate of drug-likeness (QED) is 0.737. The molecule has 0 saturated carbocycles. The predicted molar refractivity (Wildman–Crippen MR) is 116 cm³/mol. The molecule has 0 radical (unpaired) electrons. The summed E-state index contributed by atoms with van der Waals surface area (Å²) in [6.07, 6.45) is 12.5. The van der Waals surface area contributed by atoms with E-state index in [4.69, 9.17) is 0 Å². The van der Waals surface area contributed by atoms with Crippen molar-refractivity contribution in [3.05, 3.63) is 42.0 Å². The second-order valence-electron chi connectivity index (χ2n) is 8.74. The Morgan fingerprint density at radius 1 is 1.00 bits per heavy atom. The maximum atomic E-state index is 13.1. The molecular formula is C23H32N6O2. The molecule has 0 aromatic carbocycles. The molecule has 0 bridgehead atoms. The molecule has 0 N–H and O–H groups in total. The third-order valence-electron chi connectivity index (χ3n) is 6.74. The van der Waals surface area contributed by atoms with Gasteiger partial charge in [0, 0.05) is 57.2 Å². The second-order valence-corrected chi connectivity index (χ2v) is 8.74. The van der Waals surface area contributed by atoms with Crippen LogP contribution in [0.1, 0.15) is 60.5 Å². The van der Waals surface area contributed by atoms with E-state index in [1.165, 1.54) is 0 Å². The van der Waals surface area contributed by atoms with Gasteiger partial charge in [-0.25, -0.2) is 9.97 Å². The van der Waals surface area contributed by atoms with Crippen LogP contribution >= 0.6 is 0 Å². The molecule has 2 aromatic rings. The van der Waals surface area contributed by atoms with Gasteiger partial charge in [0.1, 0.15) is 11.5 Å². The summed E-state index contributed by atoms with van der Waals surface area (Å²) in [7, 11) is 0. The first kappa shape index (κ1) is 21.5. The van der Waals surface area contributed by atoms with Crippen molar-refractivity contribution in [2.75, 3.05) is 19.6 Å². The van der Waals surface area contributed by atoms with Crippen LogP contribution in [0.25, 0.3) is 0 Å². The highest BCUT2D eigenvalue weighted by atomic mass is 16.2. The average molecular weight is 425 g/mol. The van der Waals surface area contributed by atoms with E-state index >= 15 is 0 Å². The van der Waals surface area contributed by atoms with Crippen LogP contribution in [0.2, 0.25) is 0 Å². The fraction of sp³-hybridized carbons (Fsp3) is 0.609. The van der Waals surface area contributed by atoms with Crippen molar-refractivity contribution >= 4 is 11.8 Å². The molecule has 0 aliphatic carbocycles. The lowest BCUT2D eigenvalue weighted by Gasteiger charge is -2.43. The normalized spacial score (nSPS) is 20.1. The monoisotopic (exact) mass is 424 g/mol. The number of hydrogen-bond acceptors (Lipinski definition) is 5. The molecular weight excluding hydrogens is 392 g/mol. The highest BCUT2D eigenvalue weighted by Gasteiger charge is 2.36. The number of nitrogens with zero attached hydrogens (tertiary/aromatic N) is 6. The molecule has 0 unspecified atom stereocenters. The van der Waals surface area contributed by atoms with E-state index in [0.717, 1.165) is 63.3 Å². The zero-order chi connectivity index (χ0) is 21.8. The number of hydrogen-bond donors (Lipinski definition) is 0. The Morgan fingerprint density at radius 3 is 2.48 bits per heavy atom. The Kier molecular flexibility index (Phi) is 6.63. The van der Waals surface area contributed by atoms with Crippen LogP contribution in [-0.4, -0.2) is 66.8 Å². The molecule has 2 saturated heterocycles. The van der Waals surface area contributed by atoms with Crippen LogP contribution in [-0.2, 0) is 11.3 Å². The Balaban J connectivity index is 1.33. The average Bonchev–Trinajstić information content (AvgIpc) is 3.22. The Morgan fingerprint density at radius 2 is 1.81 bits per heavy atom. The van der Waals surface area contributed by atoms with Crippen molar-refractivity contribution in [1.82, 2.24) is 29.3 Å². The van der Waals surface area contributed by atoms with Crippen molar-refractivity contribution in [1.29, 1.82) is 0 Å². The van der Waals surface area contributed by atoms with Crippen molar-refractivity contribution in [2.24, 2.45) is 5.92 Å². The summed E-state index contributed by atoms with van der Waals surface area (Å²) in [4.78, 5) is 42.6. The SMILES string of the molecule is Cc1cnc(C(=O)N2CCCC[C@H]2C2CCN(C(=O)CCn3ccnc3C)CC2)cn1. The number of imidazole rings is 1. The number of aryl methyl sites for hydroxylation is 3. The van der Waals surface area contributed by atoms with Crippen molar-refractivity contribution in [3.63, 3.8) is 0 Å². The predicted octanol–water partition coefficient (Wildman–Crippen LogP) is 2.61. The molecule has 2 aliphatic rings. The number of piperidine rings is 2. The number of aromatic nitrogens is 4. The first-order chi connectivity index (χ1) is 15.0. The molecule has 4 rings (SSSR count). The molecule has 8 heteroatoms. The van der Waals surface area contributed by atoms with E-state index in [2.05, 4.69) is 15.0 Å². The minimum Gasteiger partial charge on any atom is -0.343 e. The van der Waals surface area contributed by atoms with Gasteiger partial charge in [-0.3, -0.25) is 14.6 Å². The molecule has 166 valence electrons. The topological polar surface area (TPSA) is 84.2 Å². The van der Waals surface area contributed by atoms with Gasteiger partial charge in [-0.05, 0) is 51.9 Å². The van der Waals surface area contributed by atoms with Gasteiger partial charge < -0.3 is 14.4 Å². The lowest BCUT2D eigenvalue weighted by molar-refractivity contribution is -0.133. The molecule has 2 fully saturated rings. The third kappa shape index (κ3) is 4.94. The lowest BCUT2D eigenvalue weighted by atomic mass is 9.83. The van der Waals surface area contributed by atoms with E-state index < -0.39 is 0 Å². The molecule has 1 atom stereocenters. The zero-order valence-corrected chi connectivity index (χ0v) is 18.5. The first-order valence-electron chi connectivity index (χ1n) is 11.4. The Bertz CT molecular complexity index is 901. The van der Waals surface area contributed by atoms with Crippen LogP contribution < -0.4 is 0 Å². The van der Waals surface area contributed by atoms with Crippen LogP contribution in [0.15, 0.2) is 24.8 Å². The summed E-state index contributed by atoms with van der Waals surface area (Å²) >= 11 is 0. The van der Waals surface area contributed by atoms with Gasteiger partial charge in [-0.1, -0.05) is 0 Å². The molecule has 8 nitrogen and oxygen atoms in total. The zero-order valence-electron chi connectivity index (χ0n) is 18.5. The largest absolute Gasteiger partial charge is 0.343 e. The molecule has 2 aromatic heterocycles. The first-order valence-corrected chi connectivity index (χ1v) is 11.4. The van der Waals surface area contributed by atoms with Gasteiger partial charge in [-0.2, -0.15) is 0 Å². The summed E-state index contributed by atoms with van der Waals surface area (Å²) < 4.78 is 2.02. The number of likely N-dealkylation sites (tertiary alicyclic amines) is 2. The maximum Gasteiger partial charge on any atom is 0.274 e. The smallest absolute Gasteiger partial charge is 0.274 e. The number of carbonyl (C=O) groups is 2. The maximum absolute atomic E-state index is 13.1. The lowest BCUT2D eigenvalue weighted by Crippen LogP contribution is -2.51. The van der Waals surface area contributed by atoms with Gasteiger partial charge in [0.05, 0.1) is 11.9 Å². The van der Waals surface area contributed by atoms with Crippen LogP contribution in [0, 0.1) is 19.8 Å². The number of rotatable bonds is 5. The third-order valence-corrected chi connectivity index (χ3v) is 6.74. The van der Waals surface area contributed by atoms with Crippen molar-refractivity contribution in [2.45, 2.75) is 65.0 Å². The minimum absolute atomic E-state index is 0.00796. The van der Waals surface area contributed by atoms with E-state index in [1.807, 2.05) is 34.4 Å². The summed E-state index contributed by atoms with van der Waals surface area (Å²) in [6.45, 7) is 6.83. The van der Waals surface area contributed by atoms with Crippen molar-refractivity contribution < 1.29 is 9.59 Å². The van der Waals surface area contributed by atoms with Gasteiger partial charge >= 0.3 is 0 Å². The standard InChI is InChI=1S/C23H32N6O2/c1-17-15-26-20(16-25-17)23(31)29-10-4-3-5-21(29)19-6-11-28(12-7-19)22(30)8-13-27-14-9-24-18(27)2/h9,14-16,19,21H,3-8,10-13H2,1-2H3/t21-/m0/s1. The summed E-state index contributed by atoms with van der Waals surface area (Å²) in [5.74, 6) is 1.57. The molecule has 2 amide bonds. The van der Waals surface area contributed by atoms with Crippen molar-refractivity contribution in [3.8, 4) is 0 Å². The Labute approximate surface area is 183 Å². The van der Waals surface area contributed by atoms with Gasteiger partial charge in [0.15, 0.2) is 0 Å². The van der Waals surface area contributed by atoms with Crippen LogP contribution in [0.5, 0.6) is 0 Å². The summed E-state index contributed by atoms with van der Waals surface area (Å²) in [5, 5.41) is 0. The van der Waals surface area contributed by atoms with E-state index in [9.17, 15) is 9.59 Å². The number of amides is 2. The minimum atomic E-state index is -0.00796. The molecule has 2 aliphatic heterocycles. The molecule has 31 heavy (non-hydrogen) atoms. The van der Waals surface area contributed by atoms with Crippen LogP contribution in [0.4, 0.5) is 0 Å².